The molecule has 1 aliphatic rings. The molecule has 0 saturated heterocycles. The van der Waals surface area contributed by atoms with Gasteiger partial charge in [-0.2, -0.15) is 4.59 Å². The molecule has 0 fully saturated rings. The third kappa shape index (κ3) is 3.53. The minimum absolute atomic E-state index is 0.245. The Labute approximate surface area is 174 Å². The summed E-state index contributed by atoms with van der Waals surface area (Å²) in [6, 6.07) is 15.8. The van der Waals surface area contributed by atoms with E-state index in [4.69, 9.17) is 0 Å². The number of hydrogen-bond donors (Lipinski definition) is 2. The van der Waals surface area contributed by atoms with Gasteiger partial charge in [-0.25, -0.2) is 9.89 Å². The molecule has 0 spiro atoms. The normalized spacial score (nSPS) is 18.2. The molecule has 2 heterocycles. The molecule has 1 aromatic heterocycles. The molecule has 8 heteroatoms. The van der Waals surface area contributed by atoms with E-state index in [1.54, 1.807) is 0 Å². The Bertz CT molecular complexity index is 1120. The Morgan fingerprint density at radius 1 is 1.07 bits per heavy atom. The molecule has 0 bridgehead atoms. The molecule has 0 saturated carbocycles. The van der Waals surface area contributed by atoms with Crippen LogP contribution in [0.25, 0.3) is 28.2 Å². The molecule has 8 nitrogen and oxygen atoms in total. The zero-order valence-electron chi connectivity index (χ0n) is 16.9. The van der Waals surface area contributed by atoms with Crippen molar-refractivity contribution in [2.45, 2.75) is 19.8 Å². The molecule has 0 radical (unpaired) electrons. The van der Waals surface area contributed by atoms with Crippen LogP contribution in [0.4, 0.5) is 0 Å². The predicted molar refractivity (Wildman–Crippen MR) is 114 cm³/mol. The van der Waals surface area contributed by atoms with Gasteiger partial charge < -0.3 is 5.11 Å². The third-order valence-corrected chi connectivity index (χ3v) is 5.35. The minimum atomic E-state index is -0.959. The highest BCUT2D eigenvalue weighted by atomic mass is 16.4. The van der Waals surface area contributed by atoms with Crippen LogP contribution in [0.1, 0.15) is 25.3 Å². The van der Waals surface area contributed by atoms with Crippen molar-refractivity contribution in [3.05, 3.63) is 59.7 Å². The zero-order chi connectivity index (χ0) is 21.1. The van der Waals surface area contributed by atoms with Crippen LogP contribution in [0, 0.1) is 0 Å². The summed E-state index contributed by atoms with van der Waals surface area (Å²) < 4.78 is 0.245. The van der Waals surface area contributed by atoms with Crippen molar-refractivity contribution in [3.63, 3.8) is 0 Å². The number of carboxylic acid groups (broad SMARTS) is 1. The summed E-state index contributed by atoms with van der Waals surface area (Å²) in [4.78, 5) is 11.8. The van der Waals surface area contributed by atoms with Gasteiger partial charge in [-0.3, -0.25) is 0 Å². The first-order valence-electron chi connectivity index (χ1n) is 9.86. The fourth-order valence-electron chi connectivity index (χ4n) is 3.81. The van der Waals surface area contributed by atoms with Crippen molar-refractivity contribution in [2.75, 3.05) is 13.6 Å². The maximum Gasteiger partial charge on any atom is 0.343 e. The van der Waals surface area contributed by atoms with Crippen LogP contribution >= 0.6 is 0 Å². The van der Waals surface area contributed by atoms with E-state index in [0.29, 0.717) is 5.82 Å². The van der Waals surface area contributed by atoms with Gasteiger partial charge in [-0.15, -0.1) is 5.10 Å². The lowest BCUT2D eigenvalue weighted by Crippen LogP contribution is -2.36. The summed E-state index contributed by atoms with van der Waals surface area (Å²) in [5, 5.41) is 28.4. The van der Waals surface area contributed by atoms with Crippen LogP contribution in [0.2, 0.25) is 0 Å². The second-order valence-corrected chi connectivity index (χ2v) is 7.40. The van der Waals surface area contributed by atoms with Gasteiger partial charge in [0.1, 0.15) is 18.3 Å². The number of aliphatic carboxylic acids is 1. The number of tetrazole rings is 1. The number of aromatic nitrogens is 4. The number of unbranched alkanes of at least 4 members (excludes halogenated alkanes) is 1. The summed E-state index contributed by atoms with van der Waals surface area (Å²) in [6.07, 6.45) is 3.46. The second kappa shape index (κ2) is 8.00. The first kappa shape index (κ1) is 19.7. The molecule has 1 aliphatic heterocycles. The van der Waals surface area contributed by atoms with Gasteiger partial charge in [0, 0.05) is 11.1 Å². The van der Waals surface area contributed by atoms with E-state index in [1.807, 2.05) is 55.6 Å². The molecule has 2 N–H and O–H groups in total. The average Bonchev–Trinajstić information content (AvgIpc) is 3.41. The van der Waals surface area contributed by atoms with E-state index in [2.05, 4.69) is 32.6 Å². The average molecular weight is 403 g/mol. The van der Waals surface area contributed by atoms with Gasteiger partial charge in [-0.1, -0.05) is 54.8 Å². The van der Waals surface area contributed by atoms with Crippen LogP contribution < -0.4 is 0 Å². The fourth-order valence-corrected chi connectivity index (χ4v) is 3.81. The highest BCUT2D eigenvalue weighted by Gasteiger charge is 2.38. The Morgan fingerprint density at radius 2 is 1.77 bits per heavy atom. The van der Waals surface area contributed by atoms with E-state index < -0.39 is 5.97 Å². The Morgan fingerprint density at radius 3 is 2.40 bits per heavy atom. The van der Waals surface area contributed by atoms with E-state index in [1.165, 1.54) is 6.21 Å². The van der Waals surface area contributed by atoms with Crippen molar-refractivity contribution in [2.24, 2.45) is 5.10 Å². The largest absolute Gasteiger partial charge is 0.477 e. The molecule has 1 unspecified atom stereocenters. The number of rotatable bonds is 7. The highest BCUT2D eigenvalue weighted by molar-refractivity contribution is 6.15. The number of quaternary nitrogens is 1. The number of benzene rings is 2. The monoisotopic (exact) mass is 403 g/mol. The number of aromatic amines is 1. The third-order valence-electron chi connectivity index (χ3n) is 5.35. The van der Waals surface area contributed by atoms with Crippen LogP contribution in [-0.2, 0) is 4.79 Å². The Balaban J connectivity index is 1.74. The fraction of sp³-hybridized carbons (Fsp3) is 0.227. The molecule has 152 valence electrons. The summed E-state index contributed by atoms with van der Waals surface area (Å²) in [5.41, 5.74) is 4.69. The van der Waals surface area contributed by atoms with Crippen molar-refractivity contribution in [1.29, 1.82) is 0 Å². The predicted octanol–water partition coefficient (Wildman–Crippen LogP) is 3.58. The number of hydrogen-bond acceptors (Lipinski definition) is 5. The molecule has 3 aromatic rings. The van der Waals surface area contributed by atoms with Gasteiger partial charge in [0.25, 0.3) is 0 Å². The van der Waals surface area contributed by atoms with Crippen LogP contribution in [0.15, 0.2) is 59.2 Å². The molecule has 1 atom stereocenters. The van der Waals surface area contributed by atoms with Crippen molar-refractivity contribution < 1.29 is 14.5 Å². The quantitative estimate of drug-likeness (QED) is 0.587. The number of H-pyrrole nitrogens is 1. The summed E-state index contributed by atoms with van der Waals surface area (Å²) >= 11 is 0. The summed E-state index contributed by atoms with van der Waals surface area (Å²) in [6.45, 7) is 2.87. The van der Waals surface area contributed by atoms with E-state index in [9.17, 15) is 9.90 Å². The van der Waals surface area contributed by atoms with Crippen molar-refractivity contribution in [1.82, 2.24) is 20.6 Å². The number of carbonyl (C=O) groups is 1. The lowest BCUT2D eigenvalue weighted by atomic mass is 9.97. The number of nitrogens with one attached hydrogen (secondary N) is 1. The standard InChI is InChI=1S/C22H22N6O2/c1-3-4-13-28(2)20(19(14-23-28)22(29)30)16-11-9-15(10-12-16)17-7-5-6-8-18(17)21-24-26-27-25-21/h5-12,14H,3-4,13H2,1-2H3,(H-,23,24,25,26,27,29,30)/p+1. The first-order valence-corrected chi connectivity index (χ1v) is 9.86. The molecule has 0 amide bonds. The number of nitrogens with zero attached hydrogens (tertiary/aromatic N) is 5. The van der Waals surface area contributed by atoms with Crippen LogP contribution in [0.3, 0.4) is 0 Å². The first-order chi connectivity index (χ1) is 14.5. The molecule has 30 heavy (non-hydrogen) atoms. The Hall–Kier alpha value is -3.65. The topological polar surface area (TPSA) is 104 Å². The van der Waals surface area contributed by atoms with E-state index >= 15 is 0 Å². The minimum Gasteiger partial charge on any atom is -0.477 e. The molecular formula is C22H23N6O2+. The maximum atomic E-state index is 11.8. The van der Waals surface area contributed by atoms with Crippen molar-refractivity contribution in [3.8, 4) is 22.5 Å². The van der Waals surface area contributed by atoms with Gasteiger partial charge in [0.05, 0.1) is 7.05 Å². The van der Waals surface area contributed by atoms with Gasteiger partial charge in [0.2, 0.25) is 0 Å². The zero-order valence-corrected chi connectivity index (χ0v) is 16.9. The SMILES string of the molecule is CCCC[N+]1(C)N=CC(C(=O)O)=C1c1ccc(-c2ccccc2-c2nnn[nH]2)cc1. The van der Waals surface area contributed by atoms with E-state index in [0.717, 1.165) is 47.3 Å². The lowest BCUT2D eigenvalue weighted by Gasteiger charge is -2.27. The van der Waals surface area contributed by atoms with Gasteiger partial charge in [-0.05, 0) is 40.1 Å². The molecule has 4 rings (SSSR count). The summed E-state index contributed by atoms with van der Waals surface area (Å²) in [5.74, 6) is -0.363. The molecule has 2 aromatic carbocycles. The lowest BCUT2D eigenvalue weighted by molar-refractivity contribution is -0.844. The highest BCUT2D eigenvalue weighted by Crippen LogP contribution is 2.36. The number of carboxylic acids is 1. The maximum absolute atomic E-state index is 11.8. The van der Waals surface area contributed by atoms with Gasteiger partial charge >= 0.3 is 5.97 Å². The molecule has 0 aliphatic carbocycles. The van der Waals surface area contributed by atoms with Gasteiger partial charge in [0.15, 0.2) is 11.5 Å². The van der Waals surface area contributed by atoms with Crippen LogP contribution in [-0.4, -0.2) is 56.1 Å². The molecular weight excluding hydrogens is 380 g/mol. The summed E-state index contributed by atoms with van der Waals surface area (Å²) in [7, 11) is 1.96. The second-order valence-electron chi connectivity index (χ2n) is 7.40. The van der Waals surface area contributed by atoms with Crippen LogP contribution in [0.5, 0.6) is 0 Å². The smallest absolute Gasteiger partial charge is 0.343 e. The Kier molecular flexibility index (Phi) is 5.24. The van der Waals surface area contributed by atoms with Crippen molar-refractivity contribution >= 4 is 17.9 Å². The van der Waals surface area contributed by atoms with E-state index in [-0.39, 0.29) is 10.2 Å².